The molecule has 2 saturated heterocycles. The highest BCUT2D eigenvalue weighted by Gasteiger charge is 2.44. The number of aryl methyl sites for hydroxylation is 1. The minimum atomic E-state index is -0.251. The summed E-state index contributed by atoms with van der Waals surface area (Å²) in [4.78, 5) is 29.1. The third-order valence-corrected chi connectivity index (χ3v) is 6.22. The Bertz CT molecular complexity index is 712. The van der Waals surface area contributed by atoms with E-state index < -0.39 is 0 Å². The molecule has 1 aromatic heterocycles. The molecule has 1 N–H and O–H groups in total. The lowest BCUT2D eigenvalue weighted by molar-refractivity contribution is -0.139. The molecule has 2 amide bonds. The highest BCUT2D eigenvalue weighted by atomic mass is 16.5. The third-order valence-electron chi connectivity index (χ3n) is 6.22. The average molecular weight is 361 g/mol. The van der Waals surface area contributed by atoms with Crippen LogP contribution in [0.25, 0.3) is 0 Å². The predicted molar refractivity (Wildman–Crippen MR) is 93.3 cm³/mol. The molecule has 1 atom stereocenters. The van der Waals surface area contributed by atoms with Crippen molar-refractivity contribution in [3.8, 4) is 0 Å². The van der Waals surface area contributed by atoms with E-state index in [4.69, 9.17) is 4.52 Å². The number of nitrogens with zero attached hydrogens (tertiary/aromatic N) is 3. The van der Waals surface area contributed by atoms with Crippen LogP contribution in [0.2, 0.25) is 0 Å². The first kappa shape index (κ1) is 17.5. The topological polar surface area (TPSA) is 86.9 Å². The van der Waals surface area contributed by atoms with E-state index in [2.05, 4.69) is 5.16 Å². The molecule has 26 heavy (non-hydrogen) atoms. The van der Waals surface area contributed by atoms with Crippen molar-refractivity contribution in [2.45, 2.75) is 52.1 Å². The van der Waals surface area contributed by atoms with Crippen LogP contribution in [0, 0.1) is 18.3 Å². The summed E-state index contributed by atoms with van der Waals surface area (Å²) in [6.07, 6.45) is 5.88. The highest BCUT2D eigenvalue weighted by molar-refractivity contribution is 5.94. The summed E-state index contributed by atoms with van der Waals surface area (Å²) in [6.45, 7) is 4.43. The van der Waals surface area contributed by atoms with Crippen LogP contribution in [-0.4, -0.2) is 58.1 Å². The minimum Gasteiger partial charge on any atom is -0.391 e. The van der Waals surface area contributed by atoms with E-state index in [0.29, 0.717) is 36.8 Å². The van der Waals surface area contributed by atoms with Crippen LogP contribution in [0.15, 0.2) is 4.52 Å². The van der Waals surface area contributed by atoms with Crippen LogP contribution in [0.3, 0.4) is 0 Å². The number of amides is 2. The van der Waals surface area contributed by atoms with E-state index in [-0.39, 0.29) is 29.5 Å². The molecule has 3 heterocycles. The van der Waals surface area contributed by atoms with Gasteiger partial charge in [-0.1, -0.05) is 5.16 Å². The number of hydrogen-bond donors (Lipinski definition) is 1. The second kappa shape index (κ2) is 6.68. The van der Waals surface area contributed by atoms with E-state index >= 15 is 0 Å². The number of carbonyl (C=O) groups excluding carboxylic acids is 2. The van der Waals surface area contributed by atoms with Crippen molar-refractivity contribution in [2.24, 2.45) is 11.3 Å². The fraction of sp³-hybridized carbons (Fsp3) is 0.737. The van der Waals surface area contributed by atoms with Gasteiger partial charge in [0.15, 0.2) is 5.69 Å². The largest absolute Gasteiger partial charge is 0.391 e. The van der Waals surface area contributed by atoms with Gasteiger partial charge in [-0.2, -0.15) is 0 Å². The Kier molecular flexibility index (Phi) is 4.50. The average Bonchev–Trinajstić information content (AvgIpc) is 3.37. The van der Waals surface area contributed by atoms with Crippen molar-refractivity contribution in [1.82, 2.24) is 15.0 Å². The molecule has 0 bridgehead atoms. The number of likely N-dealkylation sites (tertiary alicyclic amines) is 2. The number of rotatable bonds is 4. The van der Waals surface area contributed by atoms with Crippen LogP contribution >= 0.6 is 0 Å². The lowest BCUT2D eigenvalue weighted by Gasteiger charge is -2.48. The Morgan fingerprint density at radius 2 is 2.15 bits per heavy atom. The predicted octanol–water partition coefficient (Wildman–Crippen LogP) is 1.73. The van der Waals surface area contributed by atoms with E-state index in [0.717, 1.165) is 32.4 Å². The normalized spacial score (nSPS) is 26.6. The Labute approximate surface area is 153 Å². The molecule has 7 nitrogen and oxygen atoms in total. The van der Waals surface area contributed by atoms with Crippen molar-refractivity contribution in [1.29, 1.82) is 0 Å². The summed E-state index contributed by atoms with van der Waals surface area (Å²) in [7, 11) is 0. The van der Waals surface area contributed by atoms with E-state index in [9.17, 15) is 14.7 Å². The molecular weight excluding hydrogens is 334 g/mol. The van der Waals surface area contributed by atoms with Gasteiger partial charge >= 0.3 is 0 Å². The molecular formula is C19H27N3O4. The highest BCUT2D eigenvalue weighted by Crippen LogP contribution is 2.41. The van der Waals surface area contributed by atoms with Gasteiger partial charge in [0.05, 0.1) is 12.2 Å². The molecule has 3 aliphatic rings. The number of carbonyl (C=O) groups is 2. The Morgan fingerprint density at radius 1 is 1.35 bits per heavy atom. The van der Waals surface area contributed by atoms with Gasteiger partial charge in [-0.25, -0.2) is 0 Å². The SMILES string of the molecule is Cc1onc(C(=O)N2CCCC3(CCC(=O)N(CC4CC4)C3)C2)c1CO. The molecule has 3 fully saturated rings. The van der Waals surface area contributed by atoms with Gasteiger partial charge in [0.25, 0.3) is 5.91 Å². The van der Waals surface area contributed by atoms with Crippen LogP contribution in [0.1, 0.15) is 60.3 Å². The Morgan fingerprint density at radius 3 is 2.88 bits per heavy atom. The zero-order chi connectivity index (χ0) is 18.3. The maximum absolute atomic E-state index is 13.0. The van der Waals surface area contributed by atoms with E-state index in [1.165, 1.54) is 12.8 Å². The Balaban J connectivity index is 1.49. The first-order valence-electron chi connectivity index (χ1n) is 9.64. The summed E-state index contributed by atoms with van der Waals surface area (Å²) in [5, 5.41) is 13.4. The van der Waals surface area contributed by atoms with Crippen molar-refractivity contribution in [3.63, 3.8) is 0 Å². The molecule has 142 valence electrons. The molecule has 1 aliphatic carbocycles. The van der Waals surface area contributed by atoms with Gasteiger partial charge in [0, 0.05) is 38.0 Å². The van der Waals surface area contributed by atoms with E-state index in [1.807, 2.05) is 9.80 Å². The summed E-state index contributed by atoms with van der Waals surface area (Å²) in [5.41, 5.74) is 0.696. The van der Waals surface area contributed by atoms with Crippen molar-refractivity contribution in [2.75, 3.05) is 26.2 Å². The van der Waals surface area contributed by atoms with Crippen LogP contribution < -0.4 is 0 Å². The summed E-state index contributed by atoms with van der Waals surface area (Å²) in [5.74, 6) is 1.26. The quantitative estimate of drug-likeness (QED) is 0.882. The summed E-state index contributed by atoms with van der Waals surface area (Å²) in [6, 6.07) is 0. The molecule has 1 aromatic rings. The fourth-order valence-corrected chi connectivity index (χ4v) is 4.49. The minimum absolute atomic E-state index is 0.00509. The number of aromatic nitrogens is 1. The second-order valence-corrected chi connectivity index (χ2v) is 8.27. The van der Waals surface area contributed by atoms with Gasteiger partial charge < -0.3 is 19.4 Å². The molecule has 0 aromatic carbocycles. The van der Waals surface area contributed by atoms with Gasteiger partial charge in [-0.3, -0.25) is 9.59 Å². The van der Waals surface area contributed by atoms with Gasteiger partial charge in [-0.05, 0) is 44.9 Å². The zero-order valence-electron chi connectivity index (χ0n) is 15.4. The molecule has 1 saturated carbocycles. The number of aliphatic hydroxyl groups is 1. The monoisotopic (exact) mass is 361 g/mol. The molecule has 7 heteroatoms. The fourth-order valence-electron chi connectivity index (χ4n) is 4.49. The molecule has 2 aliphatic heterocycles. The zero-order valence-corrected chi connectivity index (χ0v) is 15.4. The maximum atomic E-state index is 13.0. The third kappa shape index (κ3) is 3.24. The first-order valence-corrected chi connectivity index (χ1v) is 9.64. The van der Waals surface area contributed by atoms with E-state index in [1.54, 1.807) is 6.92 Å². The standard InChI is InChI=1S/C19H27N3O4/c1-13-15(10-23)17(20-26-13)18(25)21-8-2-6-19(11-21)7-5-16(24)22(12-19)9-14-3-4-14/h14,23H,2-12H2,1H3. The molecule has 0 radical (unpaired) electrons. The summed E-state index contributed by atoms with van der Waals surface area (Å²) >= 11 is 0. The van der Waals surface area contributed by atoms with Gasteiger partial charge in [-0.15, -0.1) is 0 Å². The van der Waals surface area contributed by atoms with Gasteiger partial charge in [0.2, 0.25) is 5.91 Å². The van der Waals surface area contributed by atoms with Crippen LogP contribution in [0.5, 0.6) is 0 Å². The van der Waals surface area contributed by atoms with Crippen molar-refractivity contribution >= 4 is 11.8 Å². The molecule has 1 unspecified atom stereocenters. The number of hydrogen-bond acceptors (Lipinski definition) is 5. The lowest BCUT2D eigenvalue weighted by atomic mass is 9.73. The second-order valence-electron chi connectivity index (χ2n) is 8.27. The van der Waals surface area contributed by atoms with Crippen LogP contribution in [0.4, 0.5) is 0 Å². The first-order chi connectivity index (χ1) is 12.5. The van der Waals surface area contributed by atoms with Crippen molar-refractivity contribution < 1.29 is 19.2 Å². The smallest absolute Gasteiger partial charge is 0.276 e. The van der Waals surface area contributed by atoms with Crippen molar-refractivity contribution in [3.05, 3.63) is 17.0 Å². The summed E-state index contributed by atoms with van der Waals surface area (Å²) < 4.78 is 5.11. The van der Waals surface area contributed by atoms with Gasteiger partial charge in [0.1, 0.15) is 5.76 Å². The van der Waals surface area contributed by atoms with Crippen LogP contribution in [-0.2, 0) is 11.4 Å². The number of piperidine rings is 2. The number of aliphatic hydroxyl groups excluding tert-OH is 1. The lowest BCUT2D eigenvalue weighted by Crippen LogP contribution is -2.55. The maximum Gasteiger partial charge on any atom is 0.276 e. The molecule has 1 spiro atoms. The Hall–Kier alpha value is -1.89. The molecule has 4 rings (SSSR count).